The maximum atomic E-state index is 13.3. The number of likely N-dealkylation sites (N-methyl/N-ethyl adjacent to an activating group) is 1. The molecule has 0 aliphatic carbocycles. The third-order valence-electron chi connectivity index (χ3n) is 3.77. The minimum Gasteiger partial charge on any atom is -0.480 e. The minimum atomic E-state index is -1.07. The normalized spacial score (nSPS) is 12.0. The molecule has 1 aromatic carbocycles. The number of benzene rings is 1. The number of aryl methyl sites for hydroxylation is 2. The molecule has 24 heavy (non-hydrogen) atoms. The minimum absolute atomic E-state index is 0.0538. The Balaban J connectivity index is 2.00. The number of hydrogen-bond acceptors (Lipinski definition) is 5. The molecule has 1 atom stereocenters. The highest BCUT2D eigenvalue weighted by molar-refractivity contribution is 5.83. The quantitative estimate of drug-likeness (QED) is 0.868. The van der Waals surface area contributed by atoms with Crippen molar-refractivity contribution in [3.8, 4) is 11.4 Å². The van der Waals surface area contributed by atoms with Gasteiger partial charge in [0, 0.05) is 25.5 Å². The number of carboxylic acids is 1. The molecule has 7 nitrogen and oxygen atoms in total. The Morgan fingerprint density at radius 1 is 1.42 bits per heavy atom. The maximum Gasteiger partial charge on any atom is 0.326 e. The maximum absolute atomic E-state index is 13.3. The number of halogens is 1. The molecule has 0 saturated carbocycles. The van der Waals surface area contributed by atoms with Gasteiger partial charge < -0.3 is 14.5 Å². The van der Waals surface area contributed by atoms with Crippen molar-refractivity contribution in [3.63, 3.8) is 0 Å². The SMILES string of the molecule is Cc1cc(-c2noc(CCC(=O)N(C)C(C)C(=O)O)n2)ccc1F. The summed E-state index contributed by atoms with van der Waals surface area (Å²) in [5, 5.41) is 12.7. The average molecular weight is 335 g/mol. The van der Waals surface area contributed by atoms with E-state index in [9.17, 15) is 14.0 Å². The summed E-state index contributed by atoms with van der Waals surface area (Å²) < 4.78 is 18.4. The summed E-state index contributed by atoms with van der Waals surface area (Å²) in [4.78, 5) is 28.2. The van der Waals surface area contributed by atoms with Gasteiger partial charge in [-0.3, -0.25) is 4.79 Å². The largest absolute Gasteiger partial charge is 0.480 e. The van der Waals surface area contributed by atoms with E-state index in [4.69, 9.17) is 9.63 Å². The van der Waals surface area contributed by atoms with Crippen LogP contribution < -0.4 is 0 Å². The van der Waals surface area contributed by atoms with Crippen LogP contribution in [0.1, 0.15) is 24.8 Å². The number of carboxylic acid groups (broad SMARTS) is 1. The highest BCUT2D eigenvalue weighted by Gasteiger charge is 2.22. The molecule has 1 unspecified atom stereocenters. The molecule has 0 radical (unpaired) electrons. The van der Waals surface area contributed by atoms with Gasteiger partial charge >= 0.3 is 5.97 Å². The summed E-state index contributed by atoms with van der Waals surface area (Å²) in [6, 6.07) is 3.58. The molecule has 2 rings (SSSR count). The number of nitrogens with zero attached hydrogens (tertiary/aromatic N) is 3. The van der Waals surface area contributed by atoms with Gasteiger partial charge in [-0.25, -0.2) is 9.18 Å². The van der Waals surface area contributed by atoms with Crippen molar-refractivity contribution in [3.05, 3.63) is 35.5 Å². The van der Waals surface area contributed by atoms with E-state index in [2.05, 4.69) is 10.1 Å². The molecule has 0 aliphatic rings. The van der Waals surface area contributed by atoms with Crippen molar-refractivity contribution in [2.75, 3.05) is 7.05 Å². The van der Waals surface area contributed by atoms with Crippen LogP contribution in [0.5, 0.6) is 0 Å². The molecule has 1 aromatic heterocycles. The highest BCUT2D eigenvalue weighted by Crippen LogP contribution is 2.19. The monoisotopic (exact) mass is 335 g/mol. The lowest BCUT2D eigenvalue weighted by molar-refractivity contribution is -0.148. The van der Waals surface area contributed by atoms with E-state index in [1.807, 2.05) is 0 Å². The number of amides is 1. The third-order valence-corrected chi connectivity index (χ3v) is 3.77. The Kier molecular flexibility index (Phi) is 5.28. The number of carbonyl (C=O) groups is 2. The molecule has 2 aromatic rings. The Morgan fingerprint density at radius 3 is 2.75 bits per heavy atom. The van der Waals surface area contributed by atoms with Crippen LogP contribution in [0.3, 0.4) is 0 Å². The average Bonchev–Trinajstić information content (AvgIpc) is 3.02. The summed E-state index contributed by atoms with van der Waals surface area (Å²) in [6.07, 6.45) is 0.251. The number of aromatic nitrogens is 2. The van der Waals surface area contributed by atoms with E-state index in [-0.39, 0.29) is 30.5 Å². The smallest absolute Gasteiger partial charge is 0.326 e. The van der Waals surface area contributed by atoms with Gasteiger partial charge in [0.15, 0.2) is 0 Å². The highest BCUT2D eigenvalue weighted by atomic mass is 19.1. The molecule has 1 N–H and O–H groups in total. The van der Waals surface area contributed by atoms with Crippen molar-refractivity contribution in [2.24, 2.45) is 0 Å². The first-order valence-corrected chi connectivity index (χ1v) is 7.37. The zero-order valence-corrected chi connectivity index (χ0v) is 13.6. The lowest BCUT2D eigenvalue weighted by atomic mass is 10.1. The second-order valence-corrected chi connectivity index (χ2v) is 5.49. The molecule has 0 bridgehead atoms. The Labute approximate surface area is 138 Å². The van der Waals surface area contributed by atoms with E-state index in [1.54, 1.807) is 19.1 Å². The Hall–Kier alpha value is -2.77. The molecule has 0 fully saturated rings. The van der Waals surface area contributed by atoms with E-state index in [0.717, 1.165) is 4.90 Å². The number of aliphatic carboxylic acids is 1. The molecule has 0 aliphatic heterocycles. The fourth-order valence-electron chi connectivity index (χ4n) is 2.03. The van der Waals surface area contributed by atoms with Gasteiger partial charge in [-0.05, 0) is 37.6 Å². The van der Waals surface area contributed by atoms with E-state index >= 15 is 0 Å². The molecule has 0 saturated heterocycles. The number of hydrogen-bond donors (Lipinski definition) is 1. The Morgan fingerprint density at radius 2 is 2.12 bits per heavy atom. The second kappa shape index (κ2) is 7.20. The molecular weight excluding hydrogens is 317 g/mol. The van der Waals surface area contributed by atoms with Crippen LogP contribution in [0.25, 0.3) is 11.4 Å². The first-order chi connectivity index (χ1) is 11.3. The summed E-state index contributed by atoms with van der Waals surface area (Å²) in [5.41, 5.74) is 1.09. The van der Waals surface area contributed by atoms with Crippen LogP contribution in [-0.4, -0.2) is 45.1 Å². The van der Waals surface area contributed by atoms with Gasteiger partial charge in [0.05, 0.1) is 0 Å². The lowest BCUT2D eigenvalue weighted by Gasteiger charge is -2.20. The van der Waals surface area contributed by atoms with Gasteiger partial charge in [-0.1, -0.05) is 5.16 Å². The van der Waals surface area contributed by atoms with Gasteiger partial charge in [0.1, 0.15) is 11.9 Å². The van der Waals surface area contributed by atoms with Crippen LogP contribution >= 0.6 is 0 Å². The standard InChI is InChI=1S/C16H18FN3O4/c1-9-8-11(4-5-12(9)17)15-18-13(24-19-15)6-7-14(21)20(3)10(2)16(22)23/h4-5,8,10H,6-7H2,1-3H3,(H,22,23). The predicted molar refractivity (Wildman–Crippen MR) is 82.6 cm³/mol. The van der Waals surface area contributed by atoms with Crippen LogP contribution in [-0.2, 0) is 16.0 Å². The molecule has 1 heterocycles. The van der Waals surface area contributed by atoms with Gasteiger partial charge in [-0.2, -0.15) is 4.98 Å². The van der Waals surface area contributed by atoms with Crippen LogP contribution in [0.2, 0.25) is 0 Å². The molecular formula is C16H18FN3O4. The summed E-state index contributed by atoms with van der Waals surface area (Å²) in [6.45, 7) is 3.07. The first kappa shape index (κ1) is 17.6. The predicted octanol–water partition coefficient (Wildman–Crippen LogP) is 2.05. The first-order valence-electron chi connectivity index (χ1n) is 7.37. The fourth-order valence-corrected chi connectivity index (χ4v) is 2.03. The summed E-state index contributed by atoms with van der Waals surface area (Å²) >= 11 is 0. The topological polar surface area (TPSA) is 96.5 Å². The lowest BCUT2D eigenvalue weighted by Crippen LogP contribution is -2.40. The number of carbonyl (C=O) groups excluding carboxylic acids is 1. The summed E-state index contributed by atoms with van der Waals surface area (Å²) in [5.74, 6) is -1.15. The summed E-state index contributed by atoms with van der Waals surface area (Å²) in [7, 11) is 1.43. The molecule has 8 heteroatoms. The van der Waals surface area contributed by atoms with Crippen LogP contribution in [0, 0.1) is 12.7 Å². The zero-order valence-electron chi connectivity index (χ0n) is 13.6. The van der Waals surface area contributed by atoms with Gasteiger partial charge in [0.25, 0.3) is 0 Å². The van der Waals surface area contributed by atoms with Crippen molar-refractivity contribution in [1.29, 1.82) is 0 Å². The number of rotatable bonds is 6. The van der Waals surface area contributed by atoms with Crippen LogP contribution in [0.15, 0.2) is 22.7 Å². The molecule has 128 valence electrons. The fraction of sp³-hybridized carbons (Fsp3) is 0.375. The molecule has 1 amide bonds. The van der Waals surface area contributed by atoms with E-state index < -0.39 is 12.0 Å². The van der Waals surface area contributed by atoms with Gasteiger partial charge in [-0.15, -0.1) is 0 Å². The van der Waals surface area contributed by atoms with E-state index in [1.165, 1.54) is 20.0 Å². The molecule has 0 spiro atoms. The Bertz CT molecular complexity index is 760. The third kappa shape index (κ3) is 3.95. The van der Waals surface area contributed by atoms with E-state index in [0.29, 0.717) is 17.0 Å². The van der Waals surface area contributed by atoms with Crippen molar-refractivity contribution < 1.29 is 23.6 Å². The van der Waals surface area contributed by atoms with Crippen LogP contribution in [0.4, 0.5) is 4.39 Å². The van der Waals surface area contributed by atoms with Crippen molar-refractivity contribution in [1.82, 2.24) is 15.0 Å². The second-order valence-electron chi connectivity index (χ2n) is 5.49. The van der Waals surface area contributed by atoms with Crippen molar-refractivity contribution >= 4 is 11.9 Å². The zero-order chi connectivity index (χ0) is 17.9. The van der Waals surface area contributed by atoms with Gasteiger partial charge in [0.2, 0.25) is 17.6 Å². The van der Waals surface area contributed by atoms with Crippen molar-refractivity contribution in [2.45, 2.75) is 32.7 Å².